The highest BCUT2D eigenvalue weighted by Crippen LogP contribution is 2.18. The molecule has 0 aliphatic heterocycles. The van der Waals surface area contributed by atoms with Crippen molar-refractivity contribution in [2.24, 2.45) is 0 Å². The summed E-state index contributed by atoms with van der Waals surface area (Å²) in [5.74, 6) is -0.873. The number of hydrogen-bond acceptors (Lipinski definition) is 3. The summed E-state index contributed by atoms with van der Waals surface area (Å²) in [6, 6.07) is 6.14. The minimum Gasteiger partial charge on any atom is -0.395 e. The van der Waals surface area contributed by atoms with Crippen molar-refractivity contribution in [3.8, 4) is 5.69 Å². The molecule has 1 amide bonds. The Kier molecular flexibility index (Phi) is 5.28. The molecule has 0 aliphatic carbocycles. The van der Waals surface area contributed by atoms with E-state index in [1.807, 2.05) is 19.9 Å². The minimum atomic E-state index is -0.524. The van der Waals surface area contributed by atoms with E-state index < -0.39 is 5.82 Å². The van der Waals surface area contributed by atoms with Crippen LogP contribution in [0.4, 0.5) is 4.39 Å². The Labute approximate surface area is 134 Å². The summed E-state index contributed by atoms with van der Waals surface area (Å²) in [7, 11) is 0. The summed E-state index contributed by atoms with van der Waals surface area (Å²) in [6.07, 6.45) is 1.56. The zero-order chi connectivity index (χ0) is 17.0. The third kappa shape index (κ3) is 3.65. The fourth-order valence-electron chi connectivity index (χ4n) is 2.42. The van der Waals surface area contributed by atoms with Crippen LogP contribution in [0.15, 0.2) is 36.9 Å². The molecule has 0 saturated carbocycles. The molecule has 0 fully saturated rings. The largest absolute Gasteiger partial charge is 0.395 e. The van der Waals surface area contributed by atoms with Gasteiger partial charge in [-0.2, -0.15) is 5.10 Å². The molecule has 5 nitrogen and oxygen atoms in total. The lowest BCUT2D eigenvalue weighted by molar-refractivity contribution is 0.0742. The summed E-state index contributed by atoms with van der Waals surface area (Å²) in [6.45, 7) is 7.56. The maximum atomic E-state index is 14.4. The van der Waals surface area contributed by atoms with E-state index in [-0.39, 0.29) is 24.6 Å². The third-order valence-corrected chi connectivity index (χ3v) is 3.44. The lowest BCUT2D eigenvalue weighted by atomic mass is 10.1. The van der Waals surface area contributed by atoms with Gasteiger partial charge in [0.15, 0.2) is 0 Å². The first-order valence-corrected chi connectivity index (χ1v) is 7.32. The summed E-state index contributed by atoms with van der Waals surface area (Å²) in [4.78, 5) is 13.8. The fourth-order valence-corrected chi connectivity index (χ4v) is 2.42. The summed E-state index contributed by atoms with van der Waals surface area (Å²) >= 11 is 0. The van der Waals surface area contributed by atoms with Crippen molar-refractivity contribution in [1.29, 1.82) is 0 Å². The fraction of sp³-hybridized carbons (Fsp3) is 0.294. The number of aromatic nitrogens is 2. The van der Waals surface area contributed by atoms with Crippen LogP contribution in [0.5, 0.6) is 0 Å². The molecule has 0 bridgehead atoms. The Morgan fingerprint density at radius 1 is 1.43 bits per heavy atom. The first-order chi connectivity index (χ1) is 11.0. The SMILES string of the molecule is C=CCN(CCO)C(=O)c1ccc(-n2nc(C)cc2C)c(F)c1. The minimum absolute atomic E-state index is 0.161. The van der Waals surface area contributed by atoms with Crippen molar-refractivity contribution in [3.05, 3.63) is 59.7 Å². The van der Waals surface area contributed by atoms with Crippen LogP contribution in [-0.2, 0) is 0 Å². The molecule has 1 heterocycles. The number of benzene rings is 1. The van der Waals surface area contributed by atoms with Crippen LogP contribution in [0, 0.1) is 19.7 Å². The first kappa shape index (κ1) is 16.9. The van der Waals surface area contributed by atoms with E-state index in [1.165, 1.54) is 21.7 Å². The van der Waals surface area contributed by atoms with E-state index in [4.69, 9.17) is 5.11 Å². The Hall–Kier alpha value is -2.47. The number of aliphatic hydroxyl groups excluding tert-OH is 1. The molecule has 1 aromatic carbocycles. The zero-order valence-corrected chi connectivity index (χ0v) is 13.3. The maximum absolute atomic E-state index is 14.4. The van der Waals surface area contributed by atoms with E-state index in [9.17, 15) is 9.18 Å². The van der Waals surface area contributed by atoms with Gasteiger partial charge in [-0.25, -0.2) is 9.07 Å². The van der Waals surface area contributed by atoms with Crippen LogP contribution in [0.1, 0.15) is 21.7 Å². The van der Waals surface area contributed by atoms with Crippen molar-refractivity contribution in [2.45, 2.75) is 13.8 Å². The Balaban J connectivity index is 2.33. The van der Waals surface area contributed by atoms with Crippen LogP contribution in [0.3, 0.4) is 0 Å². The highest BCUT2D eigenvalue weighted by atomic mass is 19.1. The predicted molar refractivity (Wildman–Crippen MR) is 86.2 cm³/mol. The molecule has 6 heteroatoms. The van der Waals surface area contributed by atoms with Gasteiger partial charge < -0.3 is 10.0 Å². The molecule has 0 saturated heterocycles. The van der Waals surface area contributed by atoms with Gasteiger partial charge in [-0.05, 0) is 38.1 Å². The molecule has 1 N–H and O–H groups in total. The molecule has 2 aromatic rings. The molecule has 23 heavy (non-hydrogen) atoms. The Morgan fingerprint density at radius 2 is 2.17 bits per heavy atom. The van der Waals surface area contributed by atoms with E-state index in [0.29, 0.717) is 12.2 Å². The molecule has 0 unspecified atom stereocenters. The smallest absolute Gasteiger partial charge is 0.254 e. The van der Waals surface area contributed by atoms with Crippen LogP contribution in [-0.4, -0.2) is 45.4 Å². The van der Waals surface area contributed by atoms with E-state index in [0.717, 1.165) is 11.4 Å². The molecule has 1 aromatic heterocycles. The van der Waals surface area contributed by atoms with Gasteiger partial charge in [0.2, 0.25) is 0 Å². The van der Waals surface area contributed by atoms with Crippen molar-refractivity contribution in [3.63, 3.8) is 0 Å². The van der Waals surface area contributed by atoms with Gasteiger partial charge in [0, 0.05) is 24.3 Å². The van der Waals surface area contributed by atoms with Crippen molar-refractivity contribution < 1.29 is 14.3 Å². The first-order valence-electron chi connectivity index (χ1n) is 7.32. The lowest BCUT2D eigenvalue weighted by Gasteiger charge is -2.20. The predicted octanol–water partition coefficient (Wildman–Crippen LogP) is 2.25. The molecule has 2 rings (SSSR count). The number of carbonyl (C=O) groups excluding carboxylic acids is 1. The summed E-state index contributed by atoms with van der Waals surface area (Å²) < 4.78 is 15.9. The number of nitrogens with zero attached hydrogens (tertiary/aromatic N) is 3. The monoisotopic (exact) mass is 317 g/mol. The van der Waals surface area contributed by atoms with Gasteiger partial charge in [-0.15, -0.1) is 6.58 Å². The number of rotatable bonds is 6. The van der Waals surface area contributed by atoms with E-state index >= 15 is 0 Å². The van der Waals surface area contributed by atoms with Gasteiger partial charge in [-0.3, -0.25) is 4.79 Å². The second-order valence-electron chi connectivity index (χ2n) is 5.27. The Bertz CT molecular complexity index is 725. The van der Waals surface area contributed by atoms with Gasteiger partial charge in [0.1, 0.15) is 11.5 Å². The lowest BCUT2D eigenvalue weighted by Crippen LogP contribution is -2.33. The zero-order valence-electron chi connectivity index (χ0n) is 13.3. The number of hydrogen-bond donors (Lipinski definition) is 1. The second-order valence-corrected chi connectivity index (χ2v) is 5.27. The van der Waals surface area contributed by atoms with Gasteiger partial charge in [-0.1, -0.05) is 6.08 Å². The average Bonchev–Trinajstić information content (AvgIpc) is 2.84. The summed E-state index contributed by atoms with van der Waals surface area (Å²) in [5, 5.41) is 13.3. The normalized spacial score (nSPS) is 10.6. The second kappa shape index (κ2) is 7.19. The van der Waals surface area contributed by atoms with Gasteiger partial charge in [0.05, 0.1) is 12.3 Å². The standard InChI is InChI=1S/C17H20FN3O2/c1-4-7-20(8-9-22)17(23)14-5-6-16(15(18)11-14)21-13(3)10-12(2)19-21/h4-6,10-11,22H,1,7-9H2,2-3H3. The van der Waals surface area contributed by atoms with Crippen LogP contribution in [0.25, 0.3) is 5.69 Å². The van der Waals surface area contributed by atoms with E-state index in [2.05, 4.69) is 11.7 Å². The van der Waals surface area contributed by atoms with Crippen LogP contribution in [0.2, 0.25) is 0 Å². The number of aliphatic hydroxyl groups is 1. The van der Waals surface area contributed by atoms with Crippen molar-refractivity contribution in [1.82, 2.24) is 14.7 Å². The summed E-state index contributed by atoms with van der Waals surface area (Å²) in [5.41, 5.74) is 2.13. The number of carbonyl (C=O) groups is 1. The Morgan fingerprint density at radius 3 is 2.70 bits per heavy atom. The van der Waals surface area contributed by atoms with Gasteiger partial charge in [0.25, 0.3) is 5.91 Å². The third-order valence-electron chi connectivity index (χ3n) is 3.44. The van der Waals surface area contributed by atoms with Gasteiger partial charge >= 0.3 is 0 Å². The number of halogens is 1. The molecule has 122 valence electrons. The molecule has 0 spiro atoms. The topological polar surface area (TPSA) is 58.4 Å². The number of aryl methyl sites for hydroxylation is 2. The molecular weight excluding hydrogens is 297 g/mol. The van der Waals surface area contributed by atoms with Crippen LogP contribution < -0.4 is 0 Å². The highest BCUT2D eigenvalue weighted by Gasteiger charge is 2.17. The maximum Gasteiger partial charge on any atom is 0.254 e. The average molecular weight is 317 g/mol. The van der Waals surface area contributed by atoms with Crippen LogP contribution >= 0.6 is 0 Å². The molecule has 0 aliphatic rings. The molecular formula is C17H20FN3O2. The molecule has 0 radical (unpaired) electrons. The quantitative estimate of drug-likeness (QED) is 0.831. The highest BCUT2D eigenvalue weighted by molar-refractivity contribution is 5.94. The van der Waals surface area contributed by atoms with Crippen molar-refractivity contribution in [2.75, 3.05) is 19.7 Å². The number of amides is 1. The molecule has 0 atom stereocenters. The van der Waals surface area contributed by atoms with Crippen molar-refractivity contribution >= 4 is 5.91 Å². The van der Waals surface area contributed by atoms with E-state index in [1.54, 1.807) is 12.1 Å².